The molecule has 0 fully saturated rings. The van der Waals surface area contributed by atoms with Crippen LogP contribution in [0.4, 0.5) is 24.1 Å². The average Bonchev–Trinajstić information content (AvgIpc) is 3.18. The van der Waals surface area contributed by atoms with Gasteiger partial charge in [0.15, 0.2) is 16.6 Å². The normalized spacial score (nSPS) is 11.8. The number of fused-ring (bicyclic) bond motifs is 1. The topological polar surface area (TPSA) is 68.0 Å². The first-order valence-electron chi connectivity index (χ1n) is 7.48. The molecule has 0 aliphatic heterocycles. The van der Waals surface area contributed by atoms with Gasteiger partial charge in [0.05, 0.1) is 12.4 Å². The van der Waals surface area contributed by atoms with E-state index in [-0.39, 0.29) is 17.0 Å². The van der Waals surface area contributed by atoms with Gasteiger partial charge in [0.1, 0.15) is 17.0 Å². The highest BCUT2D eigenvalue weighted by atomic mass is 32.1. The van der Waals surface area contributed by atoms with Crippen molar-refractivity contribution in [3.8, 4) is 11.4 Å². The summed E-state index contributed by atoms with van der Waals surface area (Å²) in [5.41, 5.74) is -0.903. The van der Waals surface area contributed by atoms with E-state index < -0.39 is 11.9 Å². The van der Waals surface area contributed by atoms with Crippen LogP contribution in [0.2, 0.25) is 0 Å². The van der Waals surface area contributed by atoms with Crippen molar-refractivity contribution in [2.24, 2.45) is 0 Å². The second-order valence-electron chi connectivity index (χ2n) is 5.43. The van der Waals surface area contributed by atoms with Crippen molar-refractivity contribution >= 4 is 27.9 Å². The summed E-state index contributed by atoms with van der Waals surface area (Å²) in [4.78, 5) is 17.2. The number of aryl methyl sites for hydroxylation is 1. The number of thiazole rings is 1. The molecule has 10 heteroatoms. The number of imidazole rings is 1. The van der Waals surface area contributed by atoms with Crippen LogP contribution in [0.1, 0.15) is 10.6 Å². The zero-order valence-corrected chi connectivity index (χ0v) is 14.1. The molecule has 0 aliphatic carbocycles. The van der Waals surface area contributed by atoms with Gasteiger partial charge in [-0.1, -0.05) is 6.07 Å². The van der Waals surface area contributed by atoms with E-state index in [9.17, 15) is 13.2 Å². The van der Waals surface area contributed by atoms with Crippen molar-refractivity contribution in [2.75, 3.05) is 5.32 Å². The maximum Gasteiger partial charge on any atom is 0.435 e. The number of rotatable bonds is 3. The molecule has 0 saturated heterocycles. The van der Waals surface area contributed by atoms with Gasteiger partial charge in [-0.2, -0.15) is 13.2 Å². The van der Waals surface area contributed by atoms with Gasteiger partial charge in [-0.05, 0) is 19.1 Å². The van der Waals surface area contributed by atoms with Crippen LogP contribution in [0.25, 0.3) is 17.0 Å². The molecule has 0 atom stereocenters. The van der Waals surface area contributed by atoms with E-state index in [2.05, 4.69) is 25.3 Å². The Kier molecular flexibility index (Phi) is 3.83. The van der Waals surface area contributed by atoms with Crippen LogP contribution in [0.3, 0.4) is 0 Å². The Morgan fingerprint density at radius 1 is 1.12 bits per heavy atom. The van der Waals surface area contributed by atoms with E-state index in [4.69, 9.17) is 0 Å². The van der Waals surface area contributed by atoms with Crippen LogP contribution in [-0.2, 0) is 6.18 Å². The van der Waals surface area contributed by atoms with E-state index in [1.54, 1.807) is 18.3 Å². The molecule has 0 aliphatic rings. The molecule has 26 heavy (non-hydrogen) atoms. The number of hydrogen-bond donors (Lipinski definition) is 1. The summed E-state index contributed by atoms with van der Waals surface area (Å²) >= 11 is 1.41. The maximum absolute atomic E-state index is 13.5. The lowest BCUT2D eigenvalue weighted by Crippen LogP contribution is -2.08. The molecule has 1 N–H and O–H groups in total. The molecule has 0 spiro atoms. The second-order valence-corrected chi connectivity index (χ2v) is 6.66. The molecule has 4 aromatic heterocycles. The van der Waals surface area contributed by atoms with Crippen LogP contribution in [0.15, 0.2) is 43.0 Å². The molecule has 0 unspecified atom stereocenters. The summed E-state index contributed by atoms with van der Waals surface area (Å²) in [6.07, 6.45) is 1.30. The van der Waals surface area contributed by atoms with Crippen molar-refractivity contribution in [3.05, 3.63) is 53.6 Å². The van der Waals surface area contributed by atoms with Crippen molar-refractivity contribution in [2.45, 2.75) is 13.1 Å². The molecule has 0 radical (unpaired) electrons. The highest BCUT2D eigenvalue weighted by Crippen LogP contribution is 2.36. The van der Waals surface area contributed by atoms with Crippen LogP contribution < -0.4 is 5.32 Å². The number of aromatic nitrogens is 5. The summed E-state index contributed by atoms with van der Waals surface area (Å²) < 4.78 is 41.8. The number of nitrogens with one attached hydrogen (secondary N) is 1. The van der Waals surface area contributed by atoms with E-state index in [0.29, 0.717) is 10.9 Å². The van der Waals surface area contributed by atoms with Crippen molar-refractivity contribution in [3.63, 3.8) is 0 Å². The van der Waals surface area contributed by atoms with Gasteiger partial charge in [-0.15, -0.1) is 11.3 Å². The Bertz CT molecular complexity index is 1080. The number of hydrogen-bond acceptors (Lipinski definition) is 6. The smallest absolute Gasteiger partial charge is 0.315 e. The molecular weight excluding hydrogens is 365 g/mol. The summed E-state index contributed by atoms with van der Waals surface area (Å²) in [6, 6.07) is 4.76. The predicted octanol–water partition coefficient (Wildman–Crippen LogP) is 4.32. The summed E-state index contributed by atoms with van der Waals surface area (Å²) in [5.74, 6) is 0.302. The lowest BCUT2D eigenvalue weighted by Gasteiger charge is -2.08. The Morgan fingerprint density at radius 3 is 2.69 bits per heavy atom. The van der Waals surface area contributed by atoms with Crippen LogP contribution in [0.5, 0.6) is 0 Å². The van der Waals surface area contributed by atoms with Gasteiger partial charge < -0.3 is 5.32 Å². The minimum absolute atomic E-state index is 0.0642. The first-order valence-corrected chi connectivity index (χ1v) is 8.29. The fraction of sp³-hybridized carbons (Fsp3) is 0.125. The van der Waals surface area contributed by atoms with E-state index >= 15 is 0 Å². The molecule has 0 aromatic carbocycles. The van der Waals surface area contributed by atoms with Gasteiger partial charge >= 0.3 is 6.18 Å². The number of nitrogens with zero attached hydrogens (tertiary/aromatic N) is 5. The standard InChI is InChI=1S/C16H11F3N6S/c1-9-6-21-15(26-9)23-11-8-20-7-10(22-11)13-14(16(17,18)19)24-12-4-2-3-5-25(12)13/h2-8H,1H3,(H,21,22,23). The maximum atomic E-state index is 13.5. The average molecular weight is 376 g/mol. The van der Waals surface area contributed by atoms with Gasteiger partial charge in [0.2, 0.25) is 0 Å². The number of halogens is 3. The molecule has 4 aromatic rings. The molecule has 132 valence electrons. The lowest BCUT2D eigenvalue weighted by molar-refractivity contribution is -0.140. The third kappa shape index (κ3) is 2.99. The molecule has 0 amide bonds. The summed E-state index contributed by atoms with van der Waals surface area (Å²) in [7, 11) is 0. The predicted molar refractivity (Wildman–Crippen MR) is 91.4 cm³/mol. The van der Waals surface area contributed by atoms with Gasteiger partial charge in [-0.3, -0.25) is 9.38 Å². The van der Waals surface area contributed by atoms with E-state index in [1.165, 1.54) is 40.4 Å². The monoisotopic (exact) mass is 376 g/mol. The zero-order chi connectivity index (χ0) is 18.3. The number of pyridine rings is 1. The van der Waals surface area contributed by atoms with E-state index in [0.717, 1.165) is 4.88 Å². The third-order valence-corrected chi connectivity index (χ3v) is 4.36. The van der Waals surface area contributed by atoms with Crippen LogP contribution in [0, 0.1) is 6.92 Å². The second kappa shape index (κ2) is 6.06. The van der Waals surface area contributed by atoms with Crippen LogP contribution in [-0.4, -0.2) is 24.3 Å². The van der Waals surface area contributed by atoms with Gasteiger partial charge in [-0.25, -0.2) is 15.0 Å². The largest absolute Gasteiger partial charge is 0.435 e. The molecule has 4 heterocycles. The first-order chi connectivity index (χ1) is 12.4. The highest BCUT2D eigenvalue weighted by Gasteiger charge is 2.38. The number of anilines is 2. The molecule has 4 rings (SSSR count). The van der Waals surface area contributed by atoms with Crippen molar-refractivity contribution in [1.29, 1.82) is 0 Å². The van der Waals surface area contributed by atoms with Gasteiger partial charge in [0.25, 0.3) is 0 Å². The Morgan fingerprint density at radius 2 is 1.96 bits per heavy atom. The van der Waals surface area contributed by atoms with Crippen LogP contribution >= 0.6 is 11.3 Å². The minimum Gasteiger partial charge on any atom is -0.315 e. The third-order valence-electron chi connectivity index (χ3n) is 3.53. The Balaban J connectivity index is 1.84. The fourth-order valence-corrected chi connectivity index (χ4v) is 3.17. The lowest BCUT2D eigenvalue weighted by atomic mass is 10.2. The van der Waals surface area contributed by atoms with Crippen molar-refractivity contribution < 1.29 is 13.2 Å². The fourth-order valence-electron chi connectivity index (χ4n) is 2.50. The molecule has 0 bridgehead atoms. The number of alkyl halides is 3. The minimum atomic E-state index is -4.61. The van der Waals surface area contributed by atoms with Gasteiger partial charge in [0, 0.05) is 17.3 Å². The van der Waals surface area contributed by atoms with E-state index in [1.807, 2.05) is 6.92 Å². The first kappa shape index (κ1) is 16.5. The Hall–Kier alpha value is -3.01. The highest BCUT2D eigenvalue weighted by molar-refractivity contribution is 7.15. The van der Waals surface area contributed by atoms with Crippen molar-refractivity contribution in [1.82, 2.24) is 24.3 Å². The molecule has 6 nitrogen and oxygen atoms in total. The molecular formula is C16H11F3N6S. The summed E-state index contributed by atoms with van der Waals surface area (Å²) in [5, 5.41) is 3.54. The SMILES string of the molecule is Cc1cnc(Nc2cncc(-c3c(C(F)(F)F)nc4ccccn34)n2)s1. The summed E-state index contributed by atoms with van der Waals surface area (Å²) in [6.45, 7) is 1.90. The Labute approximate surface area is 149 Å². The zero-order valence-electron chi connectivity index (χ0n) is 13.3. The quantitative estimate of drug-likeness (QED) is 0.577. The molecule has 0 saturated carbocycles.